The van der Waals surface area contributed by atoms with Crippen LogP contribution in [-0.4, -0.2) is 22.9 Å². The highest BCUT2D eigenvalue weighted by Crippen LogP contribution is 2.01. The van der Waals surface area contributed by atoms with Crippen molar-refractivity contribution in [3.05, 3.63) is 0 Å². The van der Waals surface area contributed by atoms with Crippen LogP contribution in [0.25, 0.3) is 0 Å². The van der Waals surface area contributed by atoms with E-state index in [-0.39, 0.29) is 0 Å². The summed E-state index contributed by atoms with van der Waals surface area (Å²) in [5.74, 6) is 0. The summed E-state index contributed by atoms with van der Waals surface area (Å²) < 4.78 is 5.26. The Hall–Kier alpha value is 0.920. The van der Waals surface area contributed by atoms with Gasteiger partial charge in [-0.3, -0.25) is 0 Å². The fourth-order valence-electron chi connectivity index (χ4n) is 0.393. The van der Waals surface area contributed by atoms with Gasteiger partial charge in [0.25, 0.3) is 0 Å². The summed E-state index contributed by atoms with van der Waals surface area (Å²) >= 11 is 6.77. The molecule has 0 spiro atoms. The van der Waals surface area contributed by atoms with Crippen molar-refractivity contribution in [1.82, 2.24) is 0 Å². The van der Waals surface area contributed by atoms with Gasteiger partial charge in [0.2, 0.25) is 0 Å². The zero-order valence-corrected chi connectivity index (χ0v) is 8.91. The molecule has 3 heteroatoms. The summed E-state index contributed by atoms with van der Waals surface area (Å²) in [6.45, 7) is 5.71. The Bertz CT molecular complexity index is 56.1. The van der Waals surface area contributed by atoms with Gasteiger partial charge in [0.1, 0.15) is 0 Å². The van der Waals surface area contributed by atoms with Crippen LogP contribution < -0.4 is 0 Å². The molecule has 0 aromatic rings. The third-order valence-corrected chi connectivity index (χ3v) is 1.22. The maximum atomic E-state index is 5.26. The fourth-order valence-corrected chi connectivity index (χ4v) is 0.767. The van der Waals surface area contributed by atoms with E-state index in [0.717, 1.165) is 13.2 Å². The Morgan fingerprint density at radius 3 is 1.67 bits per heavy atom. The lowest BCUT2D eigenvalue weighted by atomic mass is 10.5. The van der Waals surface area contributed by atoms with Crippen LogP contribution >= 0.6 is 31.9 Å². The largest absolute Gasteiger partial charge is 0.379 e. The van der Waals surface area contributed by atoms with Gasteiger partial charge in [-0.15, -0.1) is 0 Å². The first-order valence-electron chi connectivity index (χ1n) is 2.98. The van der Waals surface area contributed by atoms with Crippen molar-refractivity contribution < 1.29 is 4.74 Å². The van der Waals surface area contributed by atoms with E-state index in [1.807, 2.05) is 0 Å². The molecule has 0 N–H and O–H groups in total. The predicted molar refractivity (Wildman–Crippen MR) is 47.6 cm³/mol. The molecule has 0 bridgehead atoms. The van der Waals surface area contributed by atoms with Crippen molar-refractivity contribution in [2.75, 3.05) is 13.2 Å². The molecule has 0 fully saturated rings. The van der Waals surface area contributed by atoms with Crippen LogP contribution in [-0.2, 0) is 4.74 Å². The van der Waals surface area contributed by atoms with Crippen molar-refractivity contribution in [1.29, 1.82) is 0 Å². The summed E-state index contributed by atoms with van der Waals surface area (Å²) in [7, 11) is 0. The molecular formula is C6H12Br2O. The zero-order chi connectivity index (χ0) is 7.28. The minimum atomic E-state index is 0.462. The molecule has 0 aromatic carbocycles. The van der Waals surface area contributed by atoms with Gasteiger partial charge in [-0.2, -0.15) is 0 Å². The Morgan fingerprint density at radius 1 is 1.11 bits per heavy atom. The third kappa shape index (κ3) is 8.92. The minimum Gasteiger partial charge on any atom is -0.379 e. The van der Waals surface area contributed by atoms with Crippen LogP contribution in [0.1, 0.15) is 13.8 Å². The number of ether oxygens (including phenoxy) is 1. The molecule has 0 aromatic heterocycles. The van der Waals surface area contributed by atoms with E-state index in [2.05, 4.69) is 45.7 Å². The molecule has 2 atom stereocenters. The van der Waals surface area contributed by atoms with Gasteiger partial charge in [-0.1, -0.05) is 45.7 Å². The highest BCUT2D eigenvalue weighted by atomic mass is 79.9. The molecule has 0 aliphatic rings. The number of hydrogen-bond donors (Lipinski definition) is 0. The summed E-state index contributed by atoms with van der Waals surface area (Å²) in [5, 5.41) is 0. The van der Waals surface area contributed by atoms with E-state index in [1.54, 1.807) is 0 Å². The topological polar surface area (TPSA) is 9.23 Å². The number of rotatable bonds is 4. The molecule has 1 nitrogen and oxygen atoms in total. The summed E-state index contributed by atoms with van der Waals surface area (Å²) in [4.78, 5) is 0.924. The minimum absolute atomic E-state index is 0.462. The Morgan fingerprint density at radius 2 is 1.44 bits per heavy atom. The average molecular weight is 260 g/mol. The van der Waals surface area contributed by atoms with Crippen molar-refractivity contribution in [3.63, 3.8) is 0 Å². The van der Waals surface area contributed by atoms with Crippen LogP contribution in [0, 0.1) is 0 Å². The third-order valence-electron chi connectivity index (χ3n) is 0.695. The number of halogens is 2. The van der Waals surface area contributed by atoms with Gasteiger partial charge >= 0.3 is 0 Å². The molecule has 0 saturated heterocycles. The second-order valence-corrected chi connectivity index (χ2v) is 5.23. The van der Waals surface area contributed by atoms with E-state index in [1.165, 1.54) is 0 Å². The smallest absolute Gasteiger partial charge is 0.0589 e. The second-order valence-electron chi connectivity index (χ2n) is 2.10. The maximum absolute atomic E-state index is 5.26. The first kappa shape index (κ1) is 9.92. The van der Waals surface area contributed by atoms with E-state index in [9.17, 15) is 0 Å². The summed E-state index contributed by atoms with van der Waals surface area (Å²) in [6.07, 6.45) is 0. The van der Waals surface area contributed by atoms with Gasteiger partial charge < -0.3 is 4.74 Å². The van der Waals surface area contributed by atoms with Crippen LogP contribution in [0.15, 0.2) is 0 Å². The lowest BCUT2D eigenvalue weighted by Crippen LogP contribution is -2.09. The molecule has 0 amide bonds. The van der Waals surface area contributed by atoms with Gasteiger partial charge in [-0.25, -0.2) is 0 Å². The number of hydrogen-bond acceptors (Lipinski definition) is 1. The average Bonchev–Trinajstić information content (AvgIpc) is 1.63. The molecular weight excluding hydrogens is 248 g/mol. The van der Waals surface area contributed by atoms with Gasteiger partial charge in [0, 0.05) is 9.65 Å². The van der Waals surface area contributed by atoms with Gasteiger partial charge in [0.15, 0.2) is 0 Å². The lowest BCUT2D eigenvalue weighted by molar-refractivity contribution is 0.143. The summed E-state index contributed by atoms with van der Waals surface area (Å²) in [5.41, 5.74) is 0. The van der Waals surface area contributed by atoms with Crippen molar-refractivity contribution in [3.8, 4) is 0 Å². The van der Waals surface area contributed by atoms with Crippen LogP contribution in [0.5, 0.6) is 0 Å². The fraction of sp³-hybridized carbons (Fsp3) is 1.00. The van der Waals surface area contributed by atoms with Crippen molar-refractivity contribution in [2.45, 2.75) is 23.5 Å². The SMILES string of the molecule is CC(Br)COCC(C)Br. The van der Waals surface area contributed by atoms with E-state index < -0.39 is 0 Å². The van der Waals surface area contributed by atoms with Gasteiger partial charge in [-0.05, 0) is 0 Å². The van der Waals surface area contributed by atoms with Crippen LogP contribution in [0.2, 0.25) is 0 Å². The molecule has 0 saturated carbocycles. The zero-order valence-electron chi connectivity index (χ0n) is 5.73. The van der Waals surface area contributed by atoms with E-state index in [0.29, 0.717) is 9.65 Å². The normalized spacial score (nSPS) is 17.3. The van der Waals surface area contributed by atoms with Crippen molar-refractivity contribution >= 4 is 31.9 Å². The standard InChI is InChI=1S/C6H12Br2O/c1-5(7)3-9-4-6(2)8/h5-6H,3-4H2,1-2H3. The van der Waals surface area contributed by atoms with Gasteiger partial charge in [0.05, 0.1) is 13.2 Å². The Balaban J connectivity index is 2.91. The summed E-state index contributed by atoms with van der Waals surface area (Å²) in [6, 6.07) is 0. The molecule has 2 unspecified atom stereocenters. The molecule has 56 valence electrons. The Labute approximate surface area is 73.4 Å². The van der Waals surface area contributed by atoms with E-state index in [4.69, 9.17) is 4.74 Å². The number of alkyl halides is 2. The first-order valence-corrected chi connectivity index (χ1v) is 4.82. The van der Waals surface area contributed by atoms with E-state index >= 15 is 0 Å². The Kier molecular flexibility index (Phi) is 6.27. The van der Waals surface area contributed by atoms with Crippen LogP contribution in [0.3, 0.4) is 0 Å². The highest BCUT2D eigenvalue weighted by molar-refractivity contribution is 9.09. The molecule has 0 heterocycles. The van der Waals surface area contributed by atoms with Crippen LogP contribution in [0.4, 0.5) is 0 Å². The van der Waals surface area contributed by atoms with Crippen molar-refractivity contribution in [2.24, 2.45) is 0 Å². The molecule has 0 rings (SSSR count). The predicted octanol–water partition coefficient (Wildman–Crippen LogP) is 2.57. The molecule has 0 radical (unpaired) electrons. The highest BCUT2D eigenvalue weighted by Gasteiger charge is 1.97. The second kappa shape index (κ2) is 5.69. The molecule has 0 aliphatic carbocycles. The molecule has 9 heavy (non-hydrogen) atoms. The first-order chi connectivity index (χ1) is 4.13. The quantitative estimate of drug-likeness (QED) is 0.706. The molecule has 0 aliphatic heterocycles. The monoisotopic (exact) mass is 258 g/mol. The maximum Gasteiger partial charge on any atom is 0.0589 e. The lowest BCUT2D eigenvalue weighted by Gasteiger charge is -2.05.